The summed E-state index contributed by atoms with van der Waals surface area (Å²) >= 11 is 0. The van der Waals surface area contributed by atoms with Gasteiger partial charge in [0.1, 0.15) is 5.82 Å². The normalized spacial score (nSPS) is 12.3. The highest BCUT2D eigenvalue weighted by Crippen LogP contribution is 2.21. The second kappa shape index (κ2) is 5.65. The number of nitrogens with two attached hydrogens (primary N) is 1. The van der Waals surface area contributed by atoms with Crippen LogP contribution < -0.4 is 5.73 Å². The maximum atomic E-state index is 10.2. The highest BCUT2D eigenvalue weighted by atomic mass is 16.3. The Kier molecular flexibility index (Phi) is 3.95. The van der Waals surface area contributed by atoms with Crippen molar-refractivity contribution in [2.75, 3.05) is 5.73 Å². The van der Waals surface area contributed by atoms with E-state index < -0.39 is 6.10 Å². The number of aliphatic hydroxyl groups is 1. The number of aromatic nitrogens is 1. The summed E-state index contributed by atoms with van der Waals surface area (Å²) in [7, 11) is 0. The number of pyridine rings is 1. The lowest BCUT2D eigenvalue weighted by atomic mass is 10.0. The van der Waals surface area contributed by atoms with Gasteiger partial charge in [0.25, 0.3) is 0 Å². The summed E-state index contributed by atoms with van der Waals surface area (Å²) in [5.41, 5.74) is 8.83. The van der Waals surface area contributed by atoms with E-state index in [0.29, 0.717) is 12.2 Å². The Hall–Kier alpha value is -1.87. The van der Waals surface area contributed by atoms with Crippen LogP contribution in [-0.2, 0) is 12.8 Å². The summed E-state index contributed by atoms with van der Waals surface area (Å²) in [4.78, 5) is 4.02. The van der Waals surface area contributed by atoms with Gasteiger partial charge in [0.2, 0.25) is 0 Å². The second-order valence-corrected chi connectivity index (χ2v) is 4.36. The van der Waals surface area contributed by atoms with Crippen LogP contribution >= 0.6 is 0 Å². The molecule has 1 heterocycles. The van der Waals surface area contributed by atoms with Crippen LogP contribution in [0, 0.1) is 0 Å². The molecule has 0 fully saturated rings. The molecule has 0 aliphatic rings. The van der Waals surface area contributed by atoms with E-state index in [1.807, 2.05) is 36.4 Å². The van der Waals surface area contributed by atoms with E-state index >= 15 is 0 Å². The molecule has 3 nitrogen and oxygen atoms in total. The summed E-state index contributed by atoms with van der Waals surface area (Å²) in [6, 6.07) is 11.8. The van der Waals surface area contributed by atoms with Crippen molar-refractivity contribution in [2.45, 2.75) is 25.9 Å². The summed E-state index contributed by atoms with van der Waals surface area (Å²) in [6.45, 7) is 2.11. The van der Waals surface area contributed by atoms with E-state index in [2.05, 4.69) is 11.9 Å². The van der Waals surface area contributed by atoms with Crippen LogP contribution in [0.3, 0.4) is 0 Å². The Morgan fingerprint density at radius 1 is 1.22 bits per heavy atom. The SMILES string of the molecule is CCc1ccc(C(O)Cc2cccnc2N)cc1. The smallest absolute Gasteiger partial charge is 0.126 e. The third-order valence-corrected chi connectivity index (χ3v) is 3.11. The lowest BCUT2D eigenvalue weighted by molar-refractivity contribution is 0.178. The van der Waals surface area contributed by atoms with Gasteiger partial charge in [0.05, 0.1) is 6.10 Å². The molecule has 0 radical (unpaired) electrons. The number of aliphatic hydroxyl groups excluding tert-OH is 1. The largest absolute Gasteiger partial charge is 0.388 e. The lowest BCUT2D eigenvalue weighted by Crippen LogP contribution is -2.05. The third kappa shape index (κ3) is 2.87. The zero-order chi connectivity index (χ0) is 13.0. The molecule has 0 amide bonds. The van der Waals surface area contributed by atoms with E-state index in [9.17, 15) is 5.11 Å². The molecular weight excluding hydrogens is 224 g/mol. The van der Waals surface area contributed by atoms with Crippen molar-refractivity contribution in [3.05, 3.63) is 59.3 Å². The van der Waals surface area contributed by atoms with E-state index in [1.54, 1.807) is 6.20 Å². The van der Waals surface area contributed by atoms with Crippen LogP contribution in [0.4, 0.5) is 5.82 Å². The van der Waals surface area contributed by atoms with E-state index in [0.717, 1.165) is 17.5 Å². The minimum Gasteiger partial charge on any atom is -0.388 e. The van der Waals surface area contributed by atoms with Crippen molar-refractivity contribution in [1.82, 2.24) is 4.98 Å². The minimum atomic E-state index is -0.539. The molecule has 1 aromatic carbocycles. The predicted octanol–water partition coefficient (Wildman–Crippen LogP) is 2.50. The molecule has 3 N–H and O–H groups in total. The molecule has 1 aromatic heterocycles. The zero-order valence-electron chi connectivity index (χ0n) is 10.5. The fraction of sp³-hybridized carbons (Fsp3) is 0.267. The van der Waals surface area contributed by atoms with Crippen molar-refractivity contribution >= 4 is 5.82 Å². The van der Waals surface area contributed by atoms with Gasteiger partial charge in [0.15, 0.2) is 0 Å². The first-order valence-electron chi connectivity index (χ1n) is 6.17. The minimum absolute atomic E-state index is 0.488. The first kappa shape index (κ1) is 12.6. The van der Waals surface area contributed by atoms with Gasteiger partial charge in [-0.25, -0.2) is 4.98 Å². The number of rotatable bonds is 4. The molecule has 0 spiro atoms. The fourth-order valence-electron chi connectivity index (χ4n) is 1.93. The topological polar surface area (TPSA) is 59.1 Å². The Morgan fingerprint density at radius 2 is 1.94 bits per heavy atom. The van der Waals surface area contributed by atoms with Crippen LogP contribution in [0.5, 0.6) is 0 Å². The van der Waals surface area contributed by atoms with Crippen LogP contribution in [0.15, 0.2) is 42.6 Å². The van der Waals surface area contributed by atoms with E-state index in [1.165, 1.54) is 5.56 Å². The number of benzene rings is 1. The van der Waals surface area contributed by atoms with Crippen molar-refractivity contribution in [3.63, 3.8) is 0 Å². The van der Waals surface area contributed by atoms with Crippen molar-refractivity contribution in [3.8, 4) is 0 Å². The van der Waals surface area contributed by atoms with Gasteiger partial charge in [-0.3, -0.25) is 0 Å². The molecule has 3 heteroatoms. The van der Waals surface area contributed by atoms with Crippen LogP contribution in [0.2, 0.25) is 0 Å². The molecule has 0 bridgehead atoms. The molecule has 1 atom stereocenters. The van der Waals surface area contributed by atoms with Gasteiger partial charge >= 0.3 is 0 Å². The number of hydrogen-bond acceptors (Lipinski definition) is 3. The molecular formula is C15H18N2O. The standard InChI is InChI=1S/C15H18N2O/c1-2-11-5-7-12(8-6-11)14(18)10-13-4-3-9-17-15(13)16/h3-9,14,18H,2,10H2,1H3,(H2,16,17). The van der Waals surface area contributed by atoms with Gasteiger partial charge in [-0.2, -0.15) is 0 Å². The first-order valence-corrected chi connectivity index (χ1v) is 6.17. The van der Waals surface area contributed by atoms with Crippen molar-refractivity contribution in [2.24, 2.45) is 0 Å². The van der Waals surface area contributed by atoms with Gasteiger partial charge in [-0.1, -0.05) is 37.3 Å². The van der Waals surface area contributed by atoms with Crippen molar-refractivity contribution < 1.29 is 5.11 Å². The molecule has 0 aliphatic carbocycles. The number of nitrogen functional groups attached to an aromatic ring is 1. The average molecular weight is 242 g/mol. The molecule has 2 rings (SSSR count). The molecule has 94 valence electrons. The quantitative estimate of drug-likeness (QED) is 0.866. The molecule has 0 saturated heterocycles. The molecule has 0 saturated carbocycles. The van der Waals surface area contributed by atoms with E-state index in [-0.39, 0.29) is 0 Å². The first-order chi connectivity index (χ1) is 8.70. The Morgan fingerprint density at radius 3 is 2.56 bits per heavy atom. The predicted molar refractivity (Wildman–Crippen MR) is 73.1 cm³/mol. The Bertz CT molecular complexity index is 508. The summed E-state index contributed by atoms with van der Waals surface area (Å²) in [6.07, 6.45) is 2.61. The molecule has 1 unspecified atom stereocenters. The maximum Gasteiger partial charge on any atom is 0.126 e. The van der Waals surface area contributed by atoms with Crippen LogP contribution in [-0.4, -0.2) is 10.1 Å². The Labute approximate surface area is 107 Å². The highest BCUT2D eigenvalue weighted by Gasteiger charge is 2.10. The van der Waals surface area contributed by atoms with E-state index in [4.69, 9.17) is 5.73 Å². The molecule has 18 heavy (non-hydrogen) atoms. The van der Waals surface area contributed by atoms with Gasteiger partial charge in [0, 0.05) is 12.6 Å². The van der Waals surface area contributed by atoms with Gasteiger partial charge in [-0.15, -0.1) is 0 Å². The second-order valence-electron chi connectivity index (χ2n) is 4.36. The van der Waals surface area contributed by atoms with Crippen LogP contribution in [0.25, 0.3) is 0 Å². The fourth-order valence-corrected chi connectivity index (χ4v) is 1.93. The van der Waals surface area contributed by atoms with Gasteiger partial charge in [-0.05, 0) is 29.2 Å². The molecule has 0 aliphatic heterocycles. The number of hydrogen-bond donors (Lipinski definition) is 2. The highest BCUT2D eigenvalue weighted by molar-refractivity contribution is 5.39. The zero-order valence-corrected chi connectivity index (χ0v) is 10.5. The summed E-state index contributed by atoms with van der Waals surface area (Å²) < 4.78 is 0. The monoisotopic (exact) mass is 242 g/mol. The van der Waals surface area contributed by atoms with Crippen LogP contribution in [0.1, 0.15) is 29.7 Å². The summed E-state index contributed by atoms with van der Waals surface area (Å²) in [5.74, 6) is 0.488. The molecule has 2 aromatic rings. The van der Waals surface area contributed by atoms with Gasteiger partial charge < -0.3 is 10.8 Å². The number of nitrogens with zero attached hydrogens (tertiary/aromatic N) is 1. The maximum absolute atomic E-state index is 10.2. The lowest BCUT2D eigenvalue weighted by Gasteiger charge is -2.12. The third-order valence-electron chi connectivity index (χ3n) is 3.11. The average Bonchev–Trinajstić information content (AvgIpc) is 2.41. The Balaban J connectivity index is 2.11. The number of anilines is 1. The summed E-state index contributed by atoms with van der Waals surface area (Å²) in [5, 5.41) is 10.2. The number of aryl methyl sites for hydroxylation is 1. The van der Waals surface area contributed by atoms with Crippen molar-refractivity contribution in [1.29, 1.82) is 0 Å².